The van der Waals surface area contributed by atoms with Crippen molar-refractivity contribution in [1.82, 2.24) is 9.78 Å². The van der Waals surface area contributed by atoms with Gasteiger partial charge in [-0.2, -0.15) is 5.11 Å². The van der Waals surface area contributed by atoms with Gasteiger partial charge in [0.1, 0.15) is 0 Å². The Balaban J connectivity index is 2.02. The summed E-state index contributed by atoms with van der Waals surface area (Å²) in [6.45, 7) is 5.73. The topological polar surface area (TPSA) is 62.5 Å². The van der Waals surface area contributed by atoms with Crippen molar-refractivity contribution in [3.63, 3.8) is 0 Å². The molecule has 2 aromatic carbocycles. The first kappa shape index (κ1) is 16.2. The van der Waals surface area contributed by atoms with E-state index in [1.807, 2.05) is 50.2 Å². The largest absolute Gasteiger partial charge is 0.299 e. The second-order valence-electron chi connectivity index (χ2n) is 5.72. The minimum Gasteiger partial charge on any atom is -0.293 e. The lowest BCUT2D eigenvalue weighted by Gasteiger charge is -2.05. The lowest BCUT2D eigenvalue weighted by molar-refractivity contribution is 0.834. The van der Waals surface area contributed by atoms with Crippen molar-refractivity contribution in [2.75, 3.05) is 0 Å². The van der Waals surface area contributed by atoms with Crippen LogP contribution in [-0.4, -0.2) is 9.78 Å². The summed E-state index contributed by atoms with van der Waals surface area (Å²) < 4.78 is 1.40. The predicted molar refractivity (Wildman–Crippen MR) is 96.2 cm³/mol. The maximum Gasteiger partial charge on any atom is 0.299 e. The summed E-state index contributed by atoms with van der Waals surface area (Å²) in [5.74, 6) is 0. The van der Waals surface area contributed by atoms with E-state index in [1.54, 1.807) is 13.0 Å². The first-order valence-corrected chi connectivity index (χ1v) is 7.90. The van der Waals surface area contributed by atoms with Crippen LogP contribution in [0.25, 0.3) is 5.69 Å². The smallest absolute Gasteiger partial charge is 0.293 e. The molecule has 1 aromatic heterocycles. The Morgan fingerprint density at radius 1 is 0.958 bits per heavy atom. The van der Waals surface area contributed by atoms with Crippen molar-refractivity contribution in [1.29, 1.82) is 0 Å². The van der Waals surface area contributed by atoms with Crippen molar-refractivity contribution in [2.24, 2.45) is 10.2 Å². The highest BCUT2D eigenvalue weighted by molar-refractivity contribution is 6.32. The number of aromatic nitrogens is 2. The van der Waals surface area contributed by atoms with Crippen LogP contribution in [-0.2, 0) is 0 Å². The number of rotatable bonds is 3. The van der Waals surface area contributed by atoms with Gasteiger partial charge in [0.05, 0.1) is 22.1 Å². The molecule has 0 saturated carbocycles. The SMILES string of the molecule is Cc1ccc(N=Nc2c(C)[nH]n(-c3cc(C)ccc3Cl)c2=O)cc1. The summed E-state index contributed by atoms with van der Waals surface area (Å²) in [4.78, 5) is 12.6. The molecule has 0 aliphatic heterocycles. The molecule has 0 saturated heterocycles. The summed E-state index contributed by atoms with van der Waals surface area (Å²) in [6.07, 6.45) is 0. The number of hydrogen-bond acceptors (Lipinski definition) is 3. The molecule has 0 atom stereocenters. The van der Waals surface area contributed by atoms with Crippen LogP contribution < -0.4 is 5.56 Å². The Morgan fingerprint density at radius 2 is 1.62 bits per heavy atom. The van der Waals surface area contributed by atoms with Gasteiger partial charge in [0.2, 0.25) is 0 Å². The Hall–Kier alpha value is -2.66. The Kier molecular flexibility index (Phi) is 4.36. The molecule has 122 valence electrons. The van der Waals surface area contributed by atoms with Crippen molar-refractivity contribution < 1.29 is 0 Å². The van der Waals surface area contributed by atoms with Crippen LogP contribution in [0.2, 0.25) is 5.02 Å². The average Bonchev–Trinajstić information content (AvgIpc) is 2.84. The Morgan fingerprint density at radius 3 is 2.33 bits per heavy atom. The lowest BCUT2D eigenvalue weighted by atomic mass is 10.2. The van der Waals surface area contributed by atoms with Gasteiger partial charge in [-0.25, -0.2) is 4.68 Å². The number of hydrogen-bond donors (Lipinski definition) is 1. The Labute approximate surface area is 144 Å². The van der Waals surface area contributed by atoms with Gasteiger partial charge in [-0.05, 0) is 50.6 Å². The van der Waals surface area contributed by atoms with E-state index in [4.69, 9.17) is 11.6 Å². The summed E-state index contributed by atoms with van der Waals surface area (Å²) in [6, 6.07) is 13.1. The van der Waals surface area contributed by atoms with Crippen LogP contribution in [0.4, 0.5) is 11.4 Å². The third-order valence-electron chi connectivity index (χ3n) is 3.68. The van der Waals surface area contributed by atoms with E-state index in [2.05, 4.69) is 15.3 Å². The van der Waals surface area contributed by atoms with Gasteiger partial charge in [0.25, 0.3) is 5.56 Å². The molecular formula is C18H17ClN4O. The molecule has 0 radical (unpaired) electrons. The third kappa shape index (κ3) is 3.16. The van der Waals surface area contributed by atoms with E-state index in [9.17, 15) is 4.79 Å². The molecule has 3 aromatic rings. The number of benzene rings is 2. The maximum absolute atomic E-state index is 12.6. The third-order valence-corrected chi connectivity index (χ3v) is 4.00. The van der Waals surface area contributed by atoms with E-state index in [1.165, 1.54) is 4.68 Å². The number of H-pyrrole nitrogens is 1. The molecule has 0 aliphatic rings. The second kappa shape index (κ2) is 6.45. The molecule has 1 heterocycles. The fraction of sp³-hybridized carbons (Fsp3) is 0.167. The van der Waals surface area contributed by atoms with Gasteiger partial charge >= 0.3 is 0 Å². The number of nitrogens with zero attached hydrogens (tertiary/aromatic N) is 3. The van der Waals surface area contributed by atoms with Crippen molar-refractivity contribution in [2.45, 2.75) is 20.8 Å². The minimum atomic E-state index is -0.282. The molecule has 0 amide bonds. The normalized spacial score (nSPS) is 11.3. The maximum atomic E-state index is 12.6. The van der Waals surface area contributed by atoms with Crippen molar-refractivity contribution >= 4 is 23.0 Å². The average molecular weight is 341 g/mol. The number of halogens is 1. The zero-order valence-corrected chi connectivity index (χ0v) is 14.4. The molecule has 24 heavy (non-hydrogen) atoms. The van der Waals surface area contributed by atoms with Crippen LogP contribution >= 0.6 is 11.6 Å². The summed E-state index contributed by atoms with van der Waals surface area (Å²) in [7, 11) is 0. The molecular weight excluding hydrogens is 324 g/mol. The van der Waals surface area contributed by atoms with Gasteiger partial charge < -0.3 is 0 Å². The number of aromatic amines is 1. The lowest BCUT2D eigenvalue weighted by Crippen LogP contribution is -2.14. The van der Waals surface area contributed by atoms with Crippen molar-refractivity contribution in [3.8, 4) is 5.69 Å². The molecule has 0 aliphatic carbocycles. The van der Waals surface area contributed by atoms with Crippen LogP contribution in [0.3, 0.4) is 0 Å². The number of azo groups is 1. The zero-order chi connectivity index (χ0) is 17.3. The standard InChI is InChI=1S/C18H17ClN4O/c1-11-4-7-14(8-5-11)20-21-17-13(3)22-23(18(17)24)16-10-12(2)6-9-15(16)19/h4-10,22H,1-3H3. The van der Waals surface area contributed by atoms with Crippen LogP contribution in [0, 0.1) is 20.8 Å². The van der Waals surface area contributed by atoms with Gasteiger partial charge in [-0.3, -0.25) is 9.89 Å². The molecule has 0 bridgehead atoms. The van der Waals surface area contributed by atoms with E-state index < -0.39 is 0 Å². The van der Waals surface area contributed by atoms with Gasteiger partial charge in [0.15, 0.2) is 5.69 Å². The number of aryl methyl sites for hydroxylation is 3. The minimum absolute atomic E-state index is 0.271. The van der Waals surface area contributed by atoms with E-state index in [0.717, 1.165) is 11.1 Å². The van der Waals surface area contributed by atoms with Gasteiger partial charge in [-0.15, -0.1) is 5.11 Å². The fourth-order valence-corrected chi connectivity index (χ4v) is 2.54. The summed E-state index contributed by atoms with van der Waals surface area (Å²) >= 11 is 6.22. The van der Waals surface area contributed by atoms with Gasteiger partial charge in [0, 0.05) is 0 Å². The first-order chi connectivity index (χ1) is 11.5. The molecule has 5 nitrogen and oxygen atoms in total. The van der Waals surface area contributed by atoms with E-state index in [0.29, 0.717) is 22.1 Å². The van der Waals surface area contributed by atoms with Gasteiger partial charge in [-0.1, -0.05) is 35.4 Å². The summed E-state index contributed by atoms with van der Waals surface area (Å²) in [5, 5.41) is 11.8. The molecule has 3 rings (SSSR count). The Bertz CT molecular complexity index is 968. The molecule has 0 spiro atoms. The molecule has 6 heteroatoms. The van der Waals surface area contributed by atoms with E-state index in [-0.39, 0.29) is 11.2 Å². The highest BCUT2D eigenvalue weighted by Gasteiger charge is 2.14. The second-order valence-corrected chi connectivity index (χ2v) is 6.12. The molecule has 0 unspecified atom stereocenters. The quantitative estimate of drug-likeness (QED) is 0.657. The first-order valence-electron chi connectivity index (χ1n) is 7.52. The highest BCUT2D eigenvalue weighted by Crippen LogP contribution is 2.23. The summed E-state index contributed by atoms with van der Waals surface area (Å²) in [5.41, 5.74) is 4.07. The monoisotopic (exact) mass is 340 g/mol. The van der Waals surface area contributed by atoms with Crippen LogP contribution in [0.1, 0.15) is 16.8 Å². The number of nitrogens with one attached hydrogen (secondary N) is 1. The molecule has 0 fully saturated rings. The fourth-order valence-electron chi connectivity index (χ4n) is 2.34. The molecule has 1 N–H and O–H groups in total. The van der Waals surface area contributed by atoms with Crippen LogP contribution in [0.15, 0.2) is 57.5 Å². The van der Waals surface area contributed by atoms with Crippen molar-refractivity contribution in [3.05, 3.63) is 74.7 Å². The van der Waals surface area contributed by atoms with E-state index >= 15 is 0 Å². The van der Waals surface area contributed by atoms with Crippen LogP contribution in [0.5, 0.6) is 0 Å². The highest BCUT2D eigenvalue weighted by atomic mass is 35.5. The zero-order valence-electron chi connectivity index (χ0n) is 13.7. The predicted octanol–water partition coefficient (Wildman–Crippen LogP) is 5.16.